The molecule has 3 amide bonds. The van der Waals surface area contributed by atoms with E-state index in [0.717, 1.165) is 43.2 Å². The van der Waals surface area contributed by atoms with Gasteiger partial charge in [0.25, 0.3) is 10.0 Å². The molecule has 0 atom stereocenters. The van der Waals surface area contributed by atoms with E-state index < -0.39 is 16.1 Å². The third-order valence-electron chi connectivity index (χ3n) is 5.10. The van der Waals surface area contributed by atoms with Gasteiger partial charge >= 0.3 is 6.03 Å². The Bertz CT molecular complexity index is 954. The minimum absolute atomic E-state index is 0.000608. The molecule has 0 heterocycles. The lowest BCUT2D eigenvalue weighted by molar-refractivity contribution is -0.120. The zero-order valence-corrected chi connectivity index (χ0v) is 17.6. The summed E-state index contributed by atoms with van der Waals surface area (Å²) in [6, 6.07) is 14.8. The van der Waals surface area contributed by atoms with Crippen molar-refractivity contribution in [2.24, 2.45) is 0 Å². The van der Waals surface area contributed by atoms with E-state index in [-0.39, 0.29) is 23.3 Å². The molecule has 1 aliphatic rings. The highest BCUT2D eigenvalue weighted by Gasteiger charge is 2.21. The van der Waals surface area contributed by atoms with E-state index in [4.69, 9.17) is 0 Å². The van der Waals surface area contributed by atoms with Gasteiger partial charge in [-0.15, -0.1) is 0 Å². The van der Waals surface area contributed by atoms with Gasteiger partial charge in [0, 0.05) is 12.6 Å². The summed E-state index contributed by atoms with van der Waals surface area (Å²) in [6.45, 7) is 0.293. The molecule has 8 heteroatoms. The van der Waals surface area contributed by atoms with Gasteiger partial charge in [-0.2, -0.15) is 0 Å². The van der Waals surface area contributed by atoms with Crippen LogP contribution >= 0.6 is 0 Å². The summed E-state index contributed by atoms with van der Waals surface area (Å²) in [6.07, 6.45) is 5.27. The van der Waals surface area contributed by atoms with Crippen LogP contribution in [0.2, 0.25) is 0 Å². The van der Waals surface area contributed by atoms with E-state index in [1.807, 2.05) is 30.3 Å². The quantitative estimate of drug-likeness (QED) is 0.629. The molecule has 0 unspecified atom stereocenters. The molecule has 0 aromatic heterocycles. The fourth-order valence-corrected chi connectivity index (χ4v) is 4.39. The van der Waals surface area contributed by atoms with Crippen molar-refractivity contribution < 1.29 is 18.0 Å². The van der Waals surface area contributed by atoms with Gasteiger partial charge < -0.3 is 10.6 Å². The molecule has 3 N–H and O–H groups in total. The van der Waals surface area contributed by atoms with Crippen LogP contribution in [0.5, 0.6) is 0 Å². The molecule has 0 saturated heterocycles. The Kier molecular flexibility index (Phi) is 7.46. The predicted molar refractivity (Wildman–Crippen MR) is 114 cm³/mol. The lowest BCUT2D eigenvalue weighted by atomic mass is 9.96. The Balaban J connectivity index is 1.49. The maximum Gasteiger partial charge on any atom is 0.328 e. The molecular formula is C22H27N3O4S. The minimum atomic E-state index is -3.95. The highest BCUT2D eigenvalue weighted by atomic mass is 32.2. The summed E-state index contributed by atoms with van der Waals surface area (Å²) in [5.74, 6) is -0.112. The van der Waals surface area contributed by atoms with Crippen LogP contribution in [-0.4, -0.2) is 26.4 Å². The fraction of sp³-hybridized carbons (Fsp3) is 0.364. The van der Waals surface area contributed by atoms with Gasteiger partial charge in [0.15, 0.2) is 0 Å². The molecule has 2 aromatic rings. The normalized spacial score (nSPS) is 14.7. The molecular weight excluding hydrogens is 402 g/mol. The highest BCUT2D eigenvalue weighted by molar-refractivity contribution is 7.90. The Morgan fingerprint density at radius 1 is 0.867 bits per heavy atom. The van der Waals surface area contributed by atoms with Crippen molar-refractivity contribution in [3.63, 3.8) is 0 Å². The van der Waals surface area contributed by atoms with Crippen LogP contribution in [0.3, 0.4) is 0 Å². The first-order chi connectivity index (χ1) is 14.4. The Morgan fingerprint density at radius 2 is 1.53 bits per heavy atom. The molecule has 1 aliphatic carbocycles. The summed E-state index contributed by atoms with van der Waals surface area (Å²) in [4.78, 5) is 24.1. The van der Waals surface area contributed by atoms with Gasteiger partial charge in [-0.3, -0.25) is 4.79 Å². The summed E-state index contributed by atoms with van der Waals surface area (Å²) < 4.78 is 26.9. The van der Waals surface area contributed by atoms with Gasteiger partial charge in [0.05, 0.1) is 11.3 Å². The number of rotatable bonds is 7. The summed E-state index contributed by atoms with van der Waals surface area (Å²) in [7, 11) is -3.95. The third kappa shape index (κ3) is 6.59. The molecule has 3 rings (SSSR count). The van der Waals surface area contributed by atoms with E-state index >= 15 is 0 Å². The van der Waals surface area contributed by atoms with E-state index in [2.05, 4.69) is 15.4 Å². The van der Waals surface area contributed by atoms with Crippen molar-refractivity contribution in [1.29, 1.82) is 0 Å². The molecule has 0 aliphatic heterocycles. The molecule has 1 fully saturated rings. The number of carbonyl (C=O) groups excluding carboxylic acids is 2. The molecule has 1 saturated carbocycles. The van der Waals surface area contributed by atoms with E-state index in [0.29, 0.717) is 6.54 Å². The van der Waals surface area contributed by atoms with Crippen molar-refractivity contribution in [2.45, 2.75) is 56.0 Å². The largest absolute Gasteiger partial charge is 0.352 e. The Morgan fingerprint density at radius 3 is 2.20 bits per heavy atom. The number of nitrogens with one attached hydrogen (secondary N) is 3. The summed E-state index contributed by atoms with van der Waals surface area (Å²) in [5, 5.41) is 5.55. The van der Waals surface area contributed by atoms with Gasteiger partial charge in [-0.05, 0) is 36.1 Å². The van der Waals surface area contributed by atoms with Gasteiger partial charge in [0.1, 0.15) is 0 Å². The second-order valence-electron chi connectivity index (χ2n) is 7.50. The smallest absolute Gasteiger partial charge is 0.328 e. The SMILES string of the molecule is O=C(Cc1ccccc1)NCc1ccc(S(=O)(=O)NC(=O)NC2CCCCC2)cc1. The van der Waals surface area contributed by atoms with Crippen LogP contribution in [-0.2, 0) is 27.8 Å². The lowest BCUT2D eigenvalue weighted by Gasteiger charge is -2.22. The van der Waals surface area contributed by atoms with Crippen molar-refractivity contribution in [3.8, 4) is 0 Å². The van der Waals surface area contributed by atoms with Crippen LogP contribution in [0.1, 0.15) is 43.2 Å². The number of benzene rings is 2. The average molecular weight is 430 g/mol. The standard InChI is InChI=1S/C22H27N3O4S/c26-21(15-17-7-3-1-4-8-17)23-16-18-11-13-20(14-12-18)30(28,29)25-22(27)24-19-9-5-2-6-10-19/h1,3-4,7-8,11-14,19H,2,5-6,9-10,15-16H2,(H,23,26)(H2,24,25,27). The number of carbonyl (C=O) groups is 2. The third-order valence-corrected chi connectivity index (χ3v) is 6.45. The molecule has 7 nitrogen and oxygen atoms in total. The van der Waals surface area contributed by atoms with Crippen molar-refractivity contribution in [1.82, 2.24) is 15.4 Å². The van der Waals surface area contributed by atoms with Crippen molar-refractivity contribution >= 4 is 22.0 Å². The highest BCUT2D eigenvalue weighted by Crippen LogP contribution is 2.17. The minimum Gasteiger partial charge on any atom is -0.352 e. The van der Waals surface area contributed by atoms with E-state index in [1.165, 1.54) is 12.1 Å². The number of urea groups is 1. The molecule has 0 spiro atoms. The van der Waals surface area contributed by atoms with Crippen LogP contribution in [0, 0.1) is 0 Å². The lowest BCUT2D eigenvalue weighted by Crippen LogP contribution is -2.45. The molecule has 0 bridgehead atoms. The first-order valence-corrected chi connectivity index (χ1v) is 11.6. The average Bonchev–Trinajstić information content (AvgIpc) is 2.73. The van der Waals surface area contributed by atoms with E-state index in [9.17, 15) is 18.0 Å². The first-order valence-electron chi connectivity index (χ1n) is 10.2. The first kappa shape index (κ1) is 21.8. The van der Waals surface area contributed by atoms with Crippen molar-refractivity contribution in [2.75, 3.05) is 0 Å². The molecule has 30 heavy (non-hydrogen) atoms. The zero-order chi connectivity index (χ0) is 21.4. The van der Waals surface area contributed by atoms with Crippen LogP contribution in [0.4, 0.5) is 4.79 Å². The molecule has 160 valence electrons. The Hall–Kier alpha value is -2.87. The second kappa shape index (κ2) is 10.2. The van der Waals surface area contributed by atoms with Gasteiger partial charge in [0.2, 0.25) is 5.91 Å². The Labute approximate surface area is 177 Å². The monoisotopic (exact) mass is 429 g/mol. The van der Waals surface area contributed by atoms with Gasteiger partial charge in [-0.25, -0.2) is 17.9 Å². The number of hydrogen-bond donors (Lipinski definition) is 3. The number of hydrogen-bond acceptors (Lipinski definition) is 4. The van der Waals surface area contributed by atoms with Crippen LogP contribution in [0.15, 0.2) is 59.5 Å². The van der Waals surface area contributed by atoms with Gasteiger partial charge in [-0.1, -0.05) is 61.7 Å². The second-order valence-corrected chi connectivity index (χ2v) is 9.18. The maximum absolute atomic E-state index is 12.4. The molecule has 0 radical (unpaired) electrons. The van der Waals surface area contributed by atoms with Crippen LogP contribution in [0.25, 0.3) is 0 Å². The molecule has 2 aromatic carbocycles. The van der Waals surface area contributed by atoms with Crippen LogP contribution < -0.4 is 15.4 Å². The van der Waals surface area contributed by atoms with Crippen molar-refractivity contribution in [3.05, 3.63) is 65.7 Å². The van der Waals surface area contributed by atoms with E-state index in [1.54, 1.807) is 12.1 Å². The fourth-order valence-electron chi connectivity index (χ4n) is 3.47. The maximum atomic E-state index is 12.4. The summed E-state index contributed by atoms with van der Waals surface area (Å²) in [5.41, 5.74) is 1.69. The topological polar surface area (TPSA) is 104 Å². The summed E-state index contributed by atoms with van der Waals surface area (Å²) >= 11 is 0. The zero-order valence-electron chi connectivity index (χ0n) is 16.8. The predicted octanol–water partition coefficient (Wildman–Crippen LogP) is 2.87. The number of sulfonamides is 1. The number of amides is 3.